The molecule has 0 aliphatic heterocycles. The fourth-order valence-electron chi connectivity index (χ4n) is 1.26. The van der Waals surface area contributed by atoms with Crippen molar-refractivity contribution in [2.75, 3.05) is 6.54 Å². The SMILES string of the molecule is CCNCc1ccc(CC)c(Cl)c1. The van der Waals surface area contributed by atoms with E-state index in [0.29, 0.717) is 0 Å². The molecule has 1 N–H and O–H groups in total. The average Bonchev–Trinajstić information content (AvgIpc) is 2.15. The molecule has 0 unspecified atom stereocenters. The molecule has 2 heteroatoms. The second-order valence-corrected chi connectivity index (χ2v) is 3.47. The summed E-state index contributed by atoms with van der Waals surface area (Å²) in [6, 6.07) is 6.28. The lowest BCUT2D eigenvalue weighted by molar-refractivity contribution is 0.726. The van der Waals surface area contributed by atoms with E-state index < -0.39 is 0 Å². The first-order chi connectivity index (χ1) is 6.27. The van der Waals surface area contributed by atoms with E-state index in [4.69, 9.17) is 11.6 Å². The number of hydrogen-bond donors (Lipinski definition) is 1. The molecule has 0 fully saturated rings. The van der Waals surface area contributed by atoms with E-state index in [2.05, 4.69) is 31.3 Å². The first-order valence-corrected chi connectivity index (χ1v) is 5.13. The van der Waals surface area contributed by atoms with Crippen LogP contribution in [0.3, 0.4) is 0 Å². The molecule has 1 aromatic carbocycles. The van der Waals surface area contributed by atoms with Crippen LogP contribution in [0.1, 0.15) is 25.0 Å². The highest BCUT2D eigenvalue weighted by Crippen LogP contribution is 2.18. The summed E-state index contributed by atoms with van der Waals surface area (Å²) in [5.74, 6) is 0. The molecular formula is C11H16ClN. The van der Waals surface area contributed by atoms with Gasteiger partial charge in [-0.25, -0.2) is 0 Å². The quantitative estimate of drug-likeness (QED) is 0.783. The van der Waals surface area contributed by atoms with Crippen molar-refractivity contribution in [1.82, 2.24) is 5.32 Å². The van der Waals surface area contributed by atoms with Crippen LogP contribution < -0.4 is 5.32 Å². The zero-order valence-corrected chi connectivity index (χ0v) is 8.99. The minimum Gasteiger partial charge on any atom is -0.313 e. The van der Waals surface area contributed by atoms with Crippen molar-refractivity contribution in [3.05, 3.63) is 34.3 Å². The third kappa shape index (κ3) is 3.02. The molecule has 0 aromatic heterocycles. The Morgan fingerprint density at radius 2 is 2.08 bits per heavy atom. The van der Waals surface area contributed by atoms with Crippen LogP contribution in [-0.2, 0) is 13.0 Å². The molecule has 72 valence electrons. The molecular weight excluding hydrogens is 182 g/mol. The van der Waals surface area contributed by atoms with Crippen LogP contribution in [0.5, 0.6) is 0 Å². The van der Waals surface area contributed by atoms with Gasteiger partial charge in [0.1, 0.15) is 0 Å². The first-order valence-electron chi connectivity index (χ1n) is 4.76. The second-order valence-electron chi connectivity index (χ2n) is 3.06. The minimum atomic E-state index is 0.887. The number of rotatable bonds is 4. The van der Waals surface area contributed by atoms with E-state index in [1.54, 1.807) is 0 Å². The summed E-state index contributed by atoms with van der Waals surface area (Å²) in [4.78, 5) is 0. The molecule has 1 nitrogen and oxygen atoms in total. The van der Waals surface area contributed by atoms with Crippen LogP contribution >= 0.6 is 11.6 Å². The number of benzene rings is 1. The highest BCUT2D eigenvalue weighted by Gasteiger charge is 1.98. The first kappa shape index (κ1) is 10.6. The van der Waals surface area contributed by atoms with Crippen molar-refractivity contribution in [2.45, 2.75) is 26.8 Å². The van der Waals surface area contributed by atoms with Gasteiger partial charge in [-0.2, -0.15) is 0 Å². The van der Waals surface area contributed by atoms with E-state index in [-0.39, 0.29) is 0 Å². The molecule has 1 aromatic rings. The molecule has 0 aliphatic carbocycles. The van der Waals surface area contributed by atoms with Crippen molar-refractivity contribution in [2.24, 2.45) is 0 Å². The van der Waals surface area contributed by atoms with Gasteiger partial charge in [0.2, 0.25) is 0 Å². The Balaban J connectivity index is 2.71. The van der Waals surface area contributed by atoms with Gasteiger partial charge in [-0.15, -0.1) is 0 Å². The van der Waals surface area contributed by atoms with E-state index in [1.807, 2.05) is 6.07 Å². The van der Waals surface area contributed by atoms with Gasteiger partial charge in [0.05, 0.1) is 0 Å². The molecule has 0 atom stereocenters. The highest BCUT2D eigenvalue weighted by atomic mass is 35.5. The van der Waals surface area contributed by atoms with Gasteiger partial charge in [0.25, 0.3) is 0 Å². The predicted octanol–water partition coefficient (Wildman–Crippen LogP) is 3.01. The van der Waals surface area contributed by atoms with E-state index in [0.717, 1.165) is 24.5 Å². The molecule has 0 aliphatic rings. The minimum absolute atomic E-state index is 0.887. The van der Waals surface area contributed by atoms with Crippen molar-refractivity contribution >= 4 is 11.6 Å². The summed E-state index contributed by atoms with van der Waals surface area (Å²) in [7, 11) is 0. The van der Waals surface area contributed by atoms with Crippen LogP contribution in [-0.4, -0.2) is 6.54 Å². The fourth-order valence-corrected chi connectivity index (χ4v) is 1.59. The Morgan fingerprint density at radius 1 is 1.31 bits per heavy atom. The molecule has 0 amide bonds. The lowest BCUT2D eigenvalue weighted by Gasteiger charge is -2.05. The lowest BCUT2D eigenvalue weighted by Crippen LogP contribution is -2.11. The molecule has 0 spiro atoms. The molecule has 0 saturated heterocycles. The lowest BCUT2D eigenvalue weighted by atomic mass is 10.1. The van der Waals surface area contributed by atoms with Crippen LogP contribution in [0.25, 0.3) is 0 Å². The largest absolute Gasteiger partial charge is 0.313 e. The highest BCUT2D eigenvalue weighted by molar-refractivity contribution is 6.31. The molecule has 0 heterocycles. The Labute approximate surface area is 85.1 Å². The van der Waals surface area contributed by atoms with Gasteiger partial charge in [-0.3, -0.25) is 0 Å². The summed E-state index contributed by atoms with van der Waals surface area (Å²) in [5.41, 5.74) is 2.48. The molecule has 1 rings (SSSR count). The average molecular weight is 198 g/mol. The maximum Gasteiger partial charge on any atom is 0.0441 e. The maximum atomic E-state index is 6.08. The third-order valence-corrected chi connectivity index (χ3v) is 2.43. The number of halogens is 1. The second kappa shape index (κ2) is 5.25. The van der Waals surface area contributed by atoms with Gasteiger partial charge < -0.3 is 5.32 Å². The van der Waals surface area contributed by atoms with Gasteiger partial charge in [-0.1, -0.05) is 37.6 Å². The van der Waals surface area contributed by atoms with Crippen LogP contribution in [0.15, 0.2) is 18.2 Å². The topological polar surface area (TPSA) is 12.0 Å². The van der Waals surface area contributed by atoms with Crippen molar-refractivity contribution < 1.29 is 0 Å². The maximum absolute atomic E-state index is 6.08. The van der Waals surface area contributed by atoms with Crippen LogP contribution in [0.4, 0.5) is 0 Å². The Morgan fingerprint density at radius 3 is 2.62 bits per heavy atom. The Kier molecular flexibility index (Phi) is 4.26. The van der Waals surface area contributed by atoms with Crippen molar-refractivity contribution in [1.29, 1.82) is 0 Å². The van der Waals surface area contributed by atoms with E-state index >= 15 is 0 Å². The summed E-state index contributed by atoms with van der Waals surface area (Å²) >= 11 is 6.08. The molecule has 0 bridgehead atoms. The monoisotopic (exact) mass is 197 g/mol. The zero-order valence-electron chi connectivity index (χ0n) is 8.23. The Bertz CT molecular complexity index is 271. The summed E-state index contributed by atoms with van der Waals surface area (Å²) in [5, 5.41) is 4.16. The normalized spacial score (nSPS) is 10.4. The number of hydrogen-bond acceptors (Lipinski definition) is 1. The van der Waals surface area contributed by atoms with Gasteiger partial charge >= 0.3 is 0 Å². The van der Waals surface area contributed by atoms with Gasteiger partial charge in [0, 0.05) is 11.6 Å². The number of aryl methyl sites for hydroxylation is 1. The van der Waals surface area contributed by atoms with Crippen molar-refractivity contribution in [3.8, 4) is 0 Å². The van der Waals surface area contributed by atoms with Gasteiger partial charge in [0.15, 0.2) is 0 Å². The van der Waals surface area contributed by atoms with Crippen molar-refractivity contribution in [3.63, 3.8) is 0 Å². The molecule has 0 radical (unpaired) electrons. The fraction of sp³-hybridized carbons (Fsp3) is 0.455. The molecule has 0 saturated carbocycles. The zero-order chi connectivity index (χ0) is 9.68. The molecule has 13 heavy (non-hydrogen) atoms. The van der Waals surface area contributed by atoms with E-state index in [1.165, 1.54) is 11.1 Å². The predicted molar refractivity (Wildman–Crippen MR) is 58.2 cm³/mol. The Hall–Kier alpha value is -0.530. The standard InChI is InChI=1S/C11H16ClN/c1-3-10-6-5-9(7-11(10)12)8-13-4-2/h5-7,13H,3-4,8H2,1-2H3. The summed E-state index contributed by atoms with van der Waals surface area (Å²) in [6.07, 6.45) is 1.00. The summed E-state index contributed by atoms with van der Waals surface area (Å²) in [6.45, 7) is 6.11. The number of nitrogens with one attached hydrogen (secondary N) is 1. The van der Waals surface area contributed by atoms with Crippen LogP contribution in [0.2, 0.25) is 5.02 Å². The van der Waals surface area contributed by atoms with E-state index in [9.17, 15) is 0 Å². The third-order valence-electron chi connectivity index (χ3n) is 2.08. The van der Waals surface area contributed by atoms with Gasteiger partial charge in [-0.05, 0) is 30.2 Å². The smallest absolute Gasteiger partial charge is 0.0441 e. The summed E-state index contributed by atoms with van der Waals surface area (Å²) < 4.78 is 0. The van der Waals surface area contributed by atoms with Crippen LogP contribution in [0, 0.1) is 0 Å².